The second-order valence-corrected chi connectivity index (χ2v) is 7.22. The number of hydrogen-bond acceptors (Lipinski definition) is 6. The van der Waals surface area contributed by atoms with Crippen LogP contribution in [0.25, 0.3) is 0 Å². The molecule has 0 saturated carbocycles. The Morgan fingerprint density at radius 3 is 2.61 bits per heavy atom. The summed E-state index contributed by atoms with van der Waals surface area (Å²) >= 11 is 0. The van der Waals surface area contributed by atoms with E-state index in [1.165, 1.54) is 0 Å². The Bertz CT molecular complexity index is 991. The molecule has 2 heterocycles. The predicted octanol–water partition coefficient (Wildman–Crippen LogP) is 2.31. The molecule has 1 atom stereocenters. The van der Waals surface area contributed by atoms with Crippen molar-refractivity contribution in [2.24, 2.45) is 0 Å². The molecule has 9 nitrogen and oxygen atoms in total. The zero-order valence-corrected chi connectivity index (χ0v) is 17.1. The van der Waals surface area contributed by atoms with Crippen LogP contribution in [0.1, 0.15) is 18.4 Å². The highest BCUT2D eigenvalue weighted by Crippen LogP contribution is 2.32. The van der Waals surface area contributed by atoms with Gasteiger partial charge >= 0.3 is 6.03 Å². The van der Waals surface area contributed by atoms with E-state index in [-0.39, 0.29) is 31.2 Å². The predicted molar refractivity (Wildman–Crippen MR) is 111 cm³/mol. The minimum atomic E-state index is -0.725. The minimum Gasteiger partial charge on any atom is -0.497 e. The van der Waals surface area contributed by atoms with E-state index >= 15 is 0 Å². The highest BCUT2D eigenvalue weighted by atomic mass is 16.6. The molecule has 162 valence electrons. The Labute approximate surface area is 179 Å². The molecule has 0 aliphatic carbocycles. The molecule has 0 spiro atoms. The number of carbonyl (C=O) groups excluding carboxylic acids is 3. The van der Waals surface area contributed by atoms with E-state index in [0.717, 1.165) is 10.5 Å². The van der Waals surface area contributed by atoms with Gasteiger partial charge in [-0.2, -0.15) is 0 Å². The summed E-state index contributed by atoms with van der Waals surface area (Å²) in [7, 11) is 1.57. The van der Waals surface area contributed by atoms with Crippen molar-refractivity contribution in [3.63, 3.8) is 0 Å². The second kappa shape index (κ2) is 8.95. The van der Waals surface area contributed by atoms with Crippen LogP contribution < -0.4 is 24.8 Å². The van der Waals surface area contributed by atoms with E-state index in [1.807, 2.05) is 0 Å². The number of nitrogens with one attached hydrogen (secondary N) is 2. The molecular formula is C22H23N3O6. The molecule has 0 unspecified atom stereocenters. The second-order valence-electron chi connectivity index (χ2n) is 7.22. The number of hydrogen-bond donors (Lipinski definition) is 2. The molecule has 1 saturated heterocycles. The van der Waals surface area contributed by atoms with Crippen LogP contribution in [0, 0.1) is 0 Å². The molecule has 0 aromatic heterocycles. The lowest BCUT2D eigenvalue weighted by Crippen LogP contribution is -2.31. The van der Waals surface area contributed by atoms with E-state index in [2.05, 4.69) is 10.6 Å². The van der Waals surface area contributed by atoms with Gasteiger partial charge in [-0.1, -0.05) is 12.1 Å². The molecule has 0 bridgehead atoms. The van der Waals surface area contributed by atoms with Crippen molar-refractivity contribution in [1.29, 1.82) is 0 Å². The Morgan fingerprint density at radius 1 is 1.13 bits per heavy atom. The van der Waals surface area contributed by atoms with Gasteiger partial charge in [0.2, 0.25) is 5.91 Å². The number of rotatable bonds is 7. The quantitative estimate of drug-likeness (QED) is 0.660. The molecule has 2 aromatic carbocycles. The first-order valence-corrected chi connectivity index (χ1v) is 9.98. The third-order valence-corrected chi connectivity index (χ3v) is 5.09. The highest BCUT2D eigenvalue weighted by Gasteiger charge is 2.37. The number of anilines is 1. The molecule has 2 aliphatic rings. The smallest absolute Gasteiger partial charge is 0.325 e. The van der Waals surface area contributed by atoms with Crippen LogP contribution in [-0.4, -0.2) is 49.1 Å². The van der Waals surface area contributed by atoms with Crippen LogP contribution >= 0.6 is 0 Å². The minimum absolute atomic E-state index is 0.0848. The number of carbonyl (C=O) groups is 3. The fourth-order valence-electron chi connectivity index (χ4n) is 3.46. The van der Waals surface area contributed by atoms with Crippen LogP contribution in [0.15, 0.2) is 42.5 Å². The maximum Gasteiger partial charge on any atom is 0.325 e. The van der Waals surface area contributed by atoms with Gasteiger partial charge in [0.1, 0.15) is 25.0 Å². The largest absolute Gasteiger partial charge is 0.497 e. The van der Waals surface area contributed by atoms with E-state index < -0.39 is 12.1 Å². The summed E-state index contributed by atoms with van der Waals surface area (Å²) in [6.07, 6.45) is 0.293. The summed E-state index contributed by atoms with van der Waals surface area (Å²) in [6.45, 7) is 1.12. The first kappa shape index (κ1) is 20.5. The normalized spacial score (nSPS) is 17.3. The molecule has 31 heavy (non-hydrogen) atoms. The number of urea groups is 1. The van der Waals surface area contributed by atoms with Crippen molar-refractivity contribution in [2.75, 3.05) is 25.6 Å². The third-order valence-electron chi connectivity index (χ3n) is 5.09. The SMILES string of the molecule is COc1ccc(CN2C(=O)N[C@@H](CCC(=O)Nc3ccc4c(c3)OCCO4)C2=O)cc1. The number of amides is 4. The molecule has 4 rings (SSSR count). The summed E-state index contributed by atoms with van der Waals surface area (Å²) in [4.78, 5) is 38.4. The summed E-state index contributed by atoms with van der Waals surface area (Å²) in [5.74, 6) is 1.32. The maximum absolute atomic E-state index is 12.6. The van der Waals surface area contributed by atoms with Crippen molar-refractivity contribution >= 4 is 23.5 Å². The number of methoxy groups -OCH3 is 1. The zero-order valence-electron chi connectivity index (χ0n) is 17.1. The van der Waals surface area contributed by atoms with Gasteiger partial charge in [0.15, 0.2) is 11.5 Å². The topological polar surface area (TPSA) is 106 Å². The number of fused-ring (bicyclic) bond motifs is 1. The fourth-order valence-corrected chi connectivity index (χ4v) is 3.46. The van der Waals surface area contributed by atoms with Crippen molar-refractivity contribution in [3.8, 4) is 17.2 Å². The van der Waals surface area contributed by atoms with Gasteiger partial charge in [0, 0.05) is 18.2 Å². The van der Waals surface area contributed by atoms with Gasteiger partial charge in [-0.3, -0.25) is 14.5 Å². The van der Waals surface area contributed by atoms with Gasteiger partial charge in [-0.05, 0) is 36.2 Å². The Balaban J connectivity index is 1.29. The van der Waals surface area contributed by atoms with Crippen molar-refractivity contribution in [2.45, 2.75) is 25.4 Å². The lowest BCUT2D eigenvalue weighted by molar-refractivity contribution is -0.128. The molecule has 0 radical (unpaired) electrons. The molecule has 2 aromatic rings. The lowest BCUT2D eigenvalue weighted by Gasteiger charge is -2.19. The van der Waals surface area contributed by atoms with Crippen molar-refractivity contribution in [3.05, 3.63) is 48.0 Å². The average molecular weight is 425 g/mol. The monoisotopic (exact) mass is 425 g/mol. The number of ether oxygens (including phenoxy) is 3. The fraction of sp³-hybridized carbons (Fsp3) is 0.318. The summed E-state index contributed by atoms with van der Waals surface area (Å²) < 4.78 is 16.1. The van der Waals surface area contributed by atoms with Gasteiger partial charge in [0.25, 0.3) is 5.91 Å². The Morgan fingerprint density at radius 2 is 1.87 bits per heavy atom. The first-order valence-electron chi connectivity index (χ1n) is 9.98. The molecule has 1 fully saturated rings. The van der Waals surface area contributed by atoms with Gasteiger partial charge in [0.05, 0.1) is 13.7 Å². The number of imide groups is 1. The van der Waals surface area contributed by atoms with Crippen LogP contribution in [0.4, 0.5) is 10.5 Å². The average Bonchev–Trinajstić information content (AvgIpc) is 3.05. The number of nitrogens with zero attached hydrogens (tertiary/aromatic N) is 1. The van der Waals surface area contributed by atoms with Crippen molar-refractivity contribution in [1.82, 2.24) is 10.2 Å². The van der Waals surface area contributed by atoms with Gasteiger partial charge in [-0.25, -0.2) is 4.79 Å². The maximum atomic E-state index is 12.6. The summed E-state index contributed by atoms with van der Waals surface area (Å²) in [6, 6.07) is 11.1. The lowest BCUT2D eigenvalue weighted by atomic mass is 10.1. The number of benzene rings is 2. The summed E-state index contributed by atoms with van der Waals surface area (Å²) in [5.41, 5.74) is 1.39. The van der Waals surface area contributed by atoms with Crippen molar-refractivity contribution < 1.29 is 28.6 Å². The molecule has 2 aliphatic heterocycles. The molecule has 9 heteroatoms. The third kappa shape index (κ3) is 4.71. The highest BCUT2D eigenvalue weighted by molar-refractivity contribution is 6.04. The van der Waals surface area contributed by atoms with E-state index in [4.69, 9.17) is 14.2 Å². The standard InChI is InChI=1S/C22H23N3O6/c1-29-16-5-2-14(3-6-16)13-25-21(27)17(24-22(25)28)7-9-20(26)23-15-4-8-18-19(12-15)31-11-10-30-18/h2-6,8,12,17H,7,9-11,13H2,1H3,(H,23,26)(H,24,28)/t17-/m0/s1. The van der Waals surface area contributed by atoms with Crippen LogP contribution in [0.5, 0.6) is 17.2 Å². The Hall–Kier alpha value is -3.75. The van der Waals surface area contributed by atoms with Crippen LogP contribution in [0.2, 0.25) is 0 Å². The summed E-state index contributed by atoms with van der Waals surface area (Å²) in [5, 5.41) is 5.43. The van der Waals surface area contributed by atoms with Gasteiger partial charge < -0.3 is 24.8 Å². The van der Waals surface area contributed by atoms with E-state index in [1.54, 1.807) is 49.6 Å². The Kier molecular flexibility index (Phi) is 5.92. The molecule has 4 amide bonds. The molecular weight excluding hydrogens is 402 g/mol. The van der Waals surface area contributed by atoms with E-state index in [0.29, 0.717) is 36.1 Å². The van der Waals surface area contributed by atoms with Gasteiger partial charge in [-0.15, -0.1) is 0 Å². The van der Waals surface area contributed by atoms with Crippen LogP contribution in [0.3, 0.4) is 0 Å². The first-order chi connectivity index (χ1) is 15.0. The molecule has 2 N–H and O–H groups in total. The van der Waals surface area contributed by atoms with E-state index in [9.17, 15) is 14.4 Å². The van der Waals surface area contributed by atoms with Crippen LogP contribution in [-0.2, 0) is 16.1 Å². The zero-order chi connectivity index (χ0) is 21.8.